The van der Waals surface area contributed by atoms with Crippen LogP contribution in [0, 0.1) is 12.8 Å². The van der Waals surface area contributed by atoms with Gasteiger partial charge < -0.3 is 4.74 Å². The zero-order chi connectivity index (χ0) is 15.6. The molecule has 0 spiro atoms. The van der Waals surface area contributed by atoms with Crippen LogP contribution in [-0.4, -0.2) is 22.9 Å². The number of ether oxygens (including phenoxy) is 1. The third-order valence-electron chi connectivity index (χ3n) is 4.01. The van der Waals surface area contributed by atoms with Gasteiger partial charge in [-0.25, -0.2) is 4.79 Å². The monoisotopic (exact) mass is 304 g/mol. The maximum absolute atomic E-state index is 12.8. The fraction of sp³-hybridized carbons (Fsp3) is 0.714. The van der Waals surface area contributed by atoms with Gasteiger partial charge in [-0.3, -0.25) is 4.68 Å². The molecule has 0 saturated heterocycles. The van der Waals surface area contributed by atoms with Crippen molar-refractivity contribution in [2.45, 2.75) is 51.2 Å². The van der Waals surface area contributed by atoms with Crippen LogP contribution in [0.25, 0.3) is 0 Å². The molecule has 0 unspecified atom stereocenters. The highest BCUT2D eigenvalue weighted by Crippen LogP contribution is 2.34. The molecule has 1 heterocycles. The van der Waals surface area contributed by atoms with E-state index in [1.165, 1.54) is 20.2 Å². The molecule has 0 bridgehead atoms. The molecule has 21 heavy (non-hydrogen) atoms. The number of alkyl halides is 3. The number of aryl methyl sites for hydroxylation is 1. The van der Waals surface area contributed by atoms with E-state index in [-0.39, 0.29) is 5.56 Å². The Hall–Kier alpha value is -1.53. The summed E-state index contributed by atoms with van der Waals surface area (Å²) in [6, 6.07) is -0.784. The smallest absolute Gasteiger partial charge is 0.435 e. The molecule has 0 N–H and O–H groups in total. The van der Waals surface area contributed by atoms with E-state index in [1.807, 2.05) is 0 Å². The number of aromatic nitrogens is 2. The number of halogens is 3. The summed E-state index contributed by atoms with van der Waals surface area (Å²) >= 11 is 0. The topological polar surface area (TPSA) is 44.1 Å². The lowest BCUT2D eigenvalue weighted by Gasteiger charge is -2.19. The number of carbonyl (C=O) groups is 1. The van der Waals surface area contributed by atoms with Crippen LogP contribution in [0.15, 0.2) is 6.20 Å². The number of methoxy groups -OCH3 is 1. The molecule has 0 amide bonds. The fourth-order valence-electron chi connectivity index (χ4n) is 2.93. The van der Waals surface area contributed by atoms with E-state index in [1.54, 1.807) is 0 Å². The van der Waals surface area contributed by atoms with Crippen molar-refractivity contribution in [2.24, 2.45) is 5.92 Å². The molecule has 0 aliphatic heterocycles. The van der Waals surface area contributed by atoms with Gasteiger partial charge in [0.25, 0.3) is 0 Å². The SMILES string of the molecule is COC(=O)[C@H](CC1CCCC1)n1cc(C)c(C(F)(F)F)n1. The second-order valence-electron chi connectivity index (χ2n) is 5.56. The zero-order valence-corrected chi connectivity index (χ0v) is 12.1. The van der Waals surface area contributed by atoms with Crippen molar-refractivity contribution in [3.05, 3.63) is 17.5 Å². The van der Waals surface area contributed by atoms with E-state index >= 15 is 0 Å². The summed E-state index contributed by atoms with van der Waals surface area (Å²) in [6.45, 7) is 1.34. The molecule has 1 saturated carbocycles. The molecule has 0 aromatic carbocycles. The van der Waals surface area contributed by atoms with E-state index in [4.69, 9.17) is 4.74 Å². The van der Waals surface area contributed by atoms with Crippen molar-refractivity contribution in [1.29, 1.82) is 0 Å². The Balaban J connectivity index is 2.26. The first-order chi connectivity index (χ1) is 9.82. The highest BCUT2D eigenvalue weighted by Gasteiger charge is 2.37. The van der Waals surface area contributed by atoms with Gasteiger partial charge in [0.1, 0.15) is 6.04 Å². The summed E-state index contributed by atoms with van der Waals surface area (Å²) in [6.07, 6.45) is 1.45. The van der Waals surface area contributed by atoms with Crippen molar-refractivity contribution in [1.82, 2.24) is 9.78 Å². The molecule has 4 nitrogen and oxygen atoms in total. The van der Waals surface area contributed by atoms with Crippen LogP contribution in [0.3, 0.4) is 0 Å². The van der Waals surface area contributed by atoms with Gasteiger partial charge in [-0.1, -0.05) is 25.7 Å². The van der Waals surface area contributed by atoms with E-state index in [9.17, 15) is 18.0 Å². The summed E-state index contributed by atoms with van der Waals surface area (Å²) in [4.78, 5) is 11.9. The third kappa shape index (κ3) is 3.57. The van der Waals surface area contributed by atoms with E-state index in [0.29, 0.717) is 12.3 Å². The minimum Gasteiger partial charge on any atom is -0.467 e. The summed E-state index contributed by atoms with van der Waals surface area (Å²) in [5.41, 5.74) is -0.925. The summed E-state index contributed by atoms with van der Waals surface area (Å²) < 4.78 is 44.3. The maximum Gasteiger partial charge on any atom is 0.435 e. The van der Waals surface area contributed by atoms with E-state index < -0.39 is 23.9 Å². The zero-order valence-electron chi connectivity index (χ0n) is 12.1. The van der Waals surface area contributed by atoms with Crippen molar-refractivity contribution in [3.63, 3.8) is 0 Å². The summed E-state index contributed by atoms with van der Waals surface area (Å²) in [7, 11) is 1.24. The second-order valence-corrected chi connectivity index (χ2v) is 5.56. The Labute approximate surface area is 121 Å². The number of hydrogen-bond acceptors (Lipinski definition) is 3. The Bertz CT molecular complexity index is 505. The summed E-state index contributed by atoms with van der Waals surface area (Å²) in [5.74, 6) is -0.203. The molecule has 1 fully saturated rings. The molecular formula is C14H19F3N2O2. The van der Waals surface area contributed by atoms with Gasteiger partial charge in [-0.15, -0.1) is 0 Å². The fourth-order valence-corrected chi connectivity index (χ4v) is 2.93. The number of hydrogen-bond donors (Lipinski definition) is 0. The molecule has 2 rings (SSSR count). The number of nitrogens with zero attached hydrogens (tertiary/aromatic N) is 2. The largest absolute Gasteiger partial charge is 0.467 e. The molecule has 1 aromatic heterocycles. The molecule has 1 atom stereocenters. The van der Waals surface area contributed by atoms with Gasteiger partial charge >= 0.3 is 12.1 Å². The number of esters is 1. The van der Waals surface area contributed by atoms with Gasteiger partial charge in [0.2, 0.25) is 0 Å². The quantitative estimate of drug-likeness (QED) is 0.800. The van der Waals surface area contributed by atoms with Gasteiger partial charge in [-0.2, -0.15) is 18.3 Å². The Morgan fingerprint density at radius 3 is 2.57 bits per heavy atom. The van der Waals surface area contributed by atoms with E-state index in [2.05, 4.69) is 5.10 Å². The van der Waals surface area contributed by atoms with Crippen LogP contribution in [0.2, 0.25) is 0 Å². The maximum atomic E-state index is 12.8. The van der Waals surface area contributed by atoms with Crippen molar-refractivity contribution in [3.8, 4) is 0 Å². The second kappa shape index (κ2) is 6.07. The Morgan fingerprint density at radius 1 is 1.48 bits per heavy atom. The highest BCUT2D eigenvalue weighted by atomic mass is 19.4. The lowest BCUT2D eigenvalue weighted by molar-refractivity contribution is -0.147. The molecule has 1 aliphatic rings. The molecule has 7 heteroatoms. The third-order valence-corrected chi connectivity index (χ3v) is 4.01. The first-order valence-electron chi connectivity index (χ1n) is 7.03. The first kappa shape index (κ1) is 15.9. The van der Waals surface area contributed by atoms with Crippen LogP contribution < -0.4 is 0 Å². The average Bonchev–Trinajstić information content (AvgIpc) is 3.03. The Morgan fingerprint density at radius 2 is 2.10 bits per heavy atom. The lowest BCUT2D eigenvalue weighted by atomic mass is 9.98. The van der Waals surface area contributed by atoms with Gasteiger partial charge in [0, 0.05) is 6.20 Å². The average molecular weight is 304 g/mol. The number of carbonyl (C=O) groups excluding carboxylic acids is 1. The molecule has 1 aromatic rings. The molecular weight excluding hydrogens is 285 g/mol. The van der Waals surface area contributed by atoms with Crippen molar-refractivity contribution < 1.29 is 22.7 Å². The lowest BCUT2D eigenvalue weighted by Crippen LogP contribution is -2.24. The Kier molecular flexibility index (Phi) is 4.58. The van der Waals surface area contributed by atoms with Crippen LogP contribution in [0.5, 0.6) is 0 Å². The predicted molar refractivity (Wildman–Crippen MR) is 69.6 cm³/mol. The van der Waals surface area contributed by atoms with Crippen LogP contribution in [-0.2, 0) is 15.7 Å². The summed E-state index contributed by atoms with van der Waals surface area (Å²) in [5, 5.41) is 3.58. The standard InChI is InChI=1S/C14H19F3N2O2/c1-9-8-19(18-12(9)14(15,16)17)11(13(20)21-2)7-10-5-3-4-6-10/h8,10-11H,3-7H2,1-2H3/t11-/m0/s1. The highest BCUT2D eigenvalue weighted by molar-refractivity contribution is 5.74. The predicted octanol–water partition coefficient (Wildman–Crippen LogP) is 3.50. The van der Waals surface area contributed by atoms with Gasteiger partial charge in [0.05, 0.1) is 7.11 Å². The van der Waals surface area contributed by atoms with E-state index in [0.717, 1.165) is 30.4 Å². The van der Waals surface area contributed by atoms with Crippen LogP contribution in [0.1, 0.15) is 49.4 Å². The first-order valence-corrected chi connectivity index (χ1v) is 7.03. The molecule has 0 radical (unpaired) electrons. The van der Waals surface area contributed by atoms with Crippen molar-refractivity contribution in [2.75, 3.05) is 7.11 Å². The molecule has 1 aliphatic carbocycles. The molecule has 118 valence electrons. The number of rotatable bonds is 4. The normalized spacial score (nSPS) is 18.0. The van der Waals surface area contributed by atoms with Crippen LogP contribution >= 0.6 is 0 Å². The minimum atomic E-state index is -4.51. The van der Waals surface area contributed by atoms with Gasteiger partial charge in [-0.05, 0) is 24.8 Å². The van der Waals surface area contributed by atoms with Gasteiger partial charge in [0.15, 0.2) is 5.69 Å². The van der Waals surface area contributed by atoms with Crippen LogP contribution in [0.4, 0.5) is 13.2 Å². The van der Waals surface area contributed by atoms with Crippen molar-refractivity contribution >= 4 is 5.97 Å². The minimum absolute atomic E-state index is 0.0165.